The van der Waals surface area contributed by atoms with Crippen molar-refractivity contribution in [1.82, 2.24) is 10.1 Å². The summed E-state index contributed by atoms with van der Waals surface area (Å²) in [5.41, 5.74) is 6.87. The van der Waals surface area contributed by atoms with Crippen LogP contribution in [0.25, 0.3) is 0 Å². The highest BCUT2D eigenvalue weighted by Crippen LogP contribution is 2.22. The van der Waals surface area contributed by atoms with E-state index < -0.39 is 0 Å². The number of benzene rings is 1. The maximum Gasteiger partial charge on any atom is 0.233 e. The van der Waals surface area contributed by atoms with Gasteiger partial charge < -0.3 is 10.3 Å². The van der Waals surface area contributed by atoms with Gasteiger partial charge in [-0.15, -0.1) is 0 Å². The molecule has 1 heterocycles. The number of hydrogen-bond acceptors (Lipinski definition) is 4. The third-order valence-corrected chi connectivity index (χ3v) is 2.66. The molecule has 90 valence electrons. The van der Waals surface area contributed by atoms with Crippen LogP contribution in [0, 0.1) is 0 Å². The van der Waals surface area contributed by atoms with E-state index in [0.29, 0.717) is 18.1 Å². The highest BCUT2D eigenvalue weighted by molar-refractivity contribution is 5.23. The average Bonchev–Trinajstić information content (AvgIpc) is 2.77. The first kappa shape index (κ1) is 11.8. The highest BCUT2D eigenvalue weighted by atomic mass is 16.5. The summed E-state index contributed by atoms with van der Waals surface area (Å²) in [6.45, 7) is 3.98. The van der Waals surface area contributed by atoms with E-state index in [9.17, 15) is 0 Å². The van der Waals surface area contributed by atoms with Crippen LogP contribution in [0.2, 0.25) is 0 Å². The molecule has 0 aliphatic carbocycles. The van der Waals surface area contributed by atoms with E-state index in [1.165, 1.54) is 5.56 Å². The molecule has 0 spiro atoms. The van der Waals surface area contributed by atoms with Crippen LogP contribution >= 0.6 is 0 Å². The van der Waals surface area contributed by atoms with Crippen LogP contribution in [-0.2, 0) is 6.42 Å². The fourth-order valence-electron chi connectivity index (χ4n) is 1.70. The number of nitrogens with two attached hydrogens (primary N) is 1. The van der Waals surface area contributed by atoms with Crippen molar-refractivity contribution in [3.63, 3.8) is 0 Å². The summed E-state index contributed by atoms with van der Waals surface area (Å²) in [6, 6.07) is 10.2. The second-order valence-electron chi connectivity index (χ2n) is 4.36. The van der Waals surface area contributed by atoms with Gasteiger partial charge in [-0.1, -0.05) is 35.5 Å². The Kier molecular flexibility index (Phi) is 3.54. The minimum absolute atomic E-state index is 0.0486. The van der Waals surface area contributed by atoms with Gasteiger partial charge in [0.1, 0.15) is 0 Å². The van der Waals surface area contributed by atoms with E-state index in [-0.39, 0.29) is 12.0 Å². The zero-order valence-corrected chi connectivity index (χ0v) is 10.1. The van der Waals surface area contributed by atoms with Gasteiger partial charge in [-0.25, -0.2) is 0 Å². The monoisotopic (exact) mass is 231 g/mol. The van der Waals surface area contributed by atoms with Crippen molar-refractivity contribution < 1.29 is 4.52 Å². The molecule has 4 heteroatoms. The van der Waals surface area contributed by atoms with Gasteiger partial charge in [0.15, 0.2) is 5.82 Å². The van der Waals surface area contributed by atoms with Gasteiger partial charge in [0.05, 0.1) is 5.92 Å². The highest BCUT2D eigenvalue weighted by Gasteiger charge is 2.16. The molecule has 4 nitrogen and oxygen atoms in total. The first-order chi connectivity index (χ1) is 8.16. The molecule has 0 saturated carbocycles. The standard InChI is InChI=1S/C13H17N3O/c1-9(14)8-12-15-13(17-16-12)10(2)11-6-4-3-5-7-11/h3-7,9-10H,8,14H2,1-2H3. The van der Waals surface area contributed by atoms with E-state index in [4.69, 9.17) is 10.3 Å². The Morgan fingerprint density at radius 2 is 1.94 bits per heavy atom. The smallest absolute Gasteiger partial charge is 0.233 e. The number of rotatable bonds is 4. The summed E-state index contributed by atoms with van der Waals surface area (Å²) in [7, 11) is 0. The summed E-state index contributed by atoms with van der Waals surface area (Å²) >= 11 is 0. The van der Waals surface area contributed by atoms with E-state index in [1.54, 1.807) is 0 Å². The molecule has 2 atom stereocenters. The van der Waals surface area contributed by atoms with Crippen LogP contribution in [0.1, 0.15) is 37.0 Å². The van der Waals surface area contributed by atoms with Crippen molar-refractivity contribution in [3.05, 3.63) is 47.6 Å². The molecular weight excluding hydrogens is 214 g/mol. The largest absolute Gasteiger partial charge is 0.339 e. The third kappa shape index (κ3) is 2.91. The Hall–Kier alpha value is -1.68. The van der Waals surface area contributed by atoms with Gasteiger partial charge in [0.25, 0.3) is 0 Å². The van der Waals surface area contributed by atoms with Gasteiger partial charge in [0, 0.05) is 12.5 Å². The Morgan fingerprint density at radius 1 is 1.24 bits per heavy atom. The second-order valence-corrected chi connectivity index (χ2v) is 4.36. The van der Waals surface area contributed by atoms with Crippen molar-refractivity contribution in [2.45, 2.75) is 32.2 Å². The van der Waals surface area contributed by atoms with Gasteiger partial charge in [-0.05, 0) is 19.4 Å². The van der Waals surface area contributed by atoms with Crippen LogP contribution in [0.5, 0.6) is 0 Å². The molecule has 0 fully saturated rings. The van der Waals surface area contributed by atoms with Gasteiger partial charge in [-0.2, -0.15) is 4.98 Å². The van der Waals surface area contributed by atoms with Crippen LogP contribution in [-0.4, -0.2) is 16.2 Å². The summed E-state index contributed by atoms with van der Waals surface area (Å²) in [5.74, 6) is 1.44. The lowest BCUT2D eigenvalue weighted by molar-refractivity contribution is 0.364. The Morgan fingerprint density at radius 3 is 2.59 bits per heavy atom. The Bertz CT molecular complexity index is 465. The number of nitrogens with zero attached hydrogens (tertiary/aromatic N) is 2. The lowest BCUT2D eigenvalue weighted by Crippen LogP contribution is -2.18. The molecule has 0 aliphatic rings. The Labute approximate surface area is 101 Å². The molecule has 17 heavy (non-hydrogen) atoms. The van der Waals surface area contributed by atoms with E-state index in [1.807, 2.05) is 25.1 Å². The second kappa shape index (κ2) is 5.10. The normalized spacial score (nSPS) is 14.5. The molecule has 0 amide bonds. The number of aromatic nitrogens is 2. The van der Waals surface area contributed by atoms with Crippen molar-refractivity contribution >= 4 is 0 Å². The molecule has 2 unspecified atom stereocenters. The van der Waals surface area contributed by atoms with Crippen molar-refractivity contribution in [3.8, 4) is 0 Å². The molecular formula is C13H17N3O. The fraction of sp³-hybridized carbons (Fsp3) is 0.385. The first-order valence-electron chi connectivity index (χ1n) is 5.80. The minimum atomic E-state index is 0.0486. The quantitative estimate of drug-likeness (QED) is 0.875. The molecule has 0 saturated heterocycles. The van der Waals surface area contributed by atoms with E-state index >= 15 is 0 Å². The molecule has 0 aliphatic heterocycles. The molecule has 1 aromatic heterocycles. The lowest BCUT2D eigenvalue weighted by atomic mass is 10.0. The maximum atomic E-state index is 5.70. The SMILES string of the molecule is CC(N)Cc1noc(C(C)c2ccccc2)n1. The van der Waals surface area contributed by atoms with E-state index in [0.717, 1.165) is 0 Å². The summed E-state index contributed by atoms with van der Waals surface area (Å²) in [4.78, 5) is 4.37. The maximum absolute atomic E-state index is 5.70. The topological polar surface area (TPSA) is 64.9 Å². The average molecular weight is 231 g/mol. The number of hydrogen-bond donors (Lipinski definition) is 1. The summed E-state index contributed by atoms with van der Waals surface area (Å²) in [5, 5.41) is 3.94. The predicted molar refractivity (Wildman–Crippen MR) is 65.6 cm³/mol. The fourth-order valence-corrected chi connectivity index (χ4v) is 1.70. The minimum Gasteiger partial charge on any atom is -0.339 e. The predicted octanol–water partition coefficient (Wildman–Crippen LogP) is 2.11. The third-order valence-electron chi connectivity index (χ3n) is 2.66. The van der Waals surface area contributed by atoms with Gasteiger partial charge in [0.2, 0.25) is 5.89 Å². The Balaban J connectivity index is 2.15. The molecule has 2 N–H and O–H groups in total. The molecule has 0 bridgehead atoms. The zero-order valence-electron chi connectivity index (χ0n) is 10.1. The van der Waals surface area contributed by atoms with Crippen molar-refractivity contribution in [2.24, 2.45) is 5.73 Å². The van der Waals surface area contributed by atoms with Crippen molar-refractivity contribution in [2.75, 3.05) is 0 Å². The molecule has 1 aromatic carbocycles. The summed E-state index contributed by atoms with van der Waals surface area (Å²) < 4.78 is 5.27. The zero-order chi connectivity index (χ0) is 12.3. The van der Waals surface area contributed by atoms with Crippen LogP contribution in [0.15, 0.2) is 34.9 Å². The first-order valence-corrected chi connectivity index (χ1v) is 5.80. The van der Waals surface area contributed by atoms with Crippen molar-refractivity contribution in [1.29, 1.82) is 0 Å². The lowest BCUT2D eigenvalue weighted by Gasteiger charge is -2.05. The van der Waals surface area contributed by atoms with Gasteiger partial charge >= 0.3 is 0 Å². The van der Waals surface area contributed by atoms with Crippen LogP contribution in [0.4, 0.5) is 0 Å². The van der Waals surface area contributed by atoms with Gasteiger partial charge in [-0.3, -0.25) is 0 Å². The molecule has 2 rings (SSSR count). The van der Waals surface area contributed by atoms with E-state index in [2.05, 4.69) is 29.2 Å². The van der Waals surface area contributed by atoms with Crippen LogP contribution < -0.4 is 5.73 Å². The van der Waals surface area contributed by atoms with Crippen LogP contribution in [0.3, 0.4) is 0 Å². The molecule has 2 aromatic rings. The summed E-state index contributed by atoms with van der Waals surface area (Å²) in [6.07, 6.45) is 0.644. The molecule has 0 radical (unpaired) electrons.